The summed E-state index contributed by atoms with van der Waals surface area (Å²) in [5.41, 5.74) is 1.87. The number of carbonyl (C=O) groups excluding carboxylic acids is 2. The van der Waals surface area contributed by atoms with E-state index >= 15 is 0 Å². The van der Waals surface area contributed by atoms with E-state index in [0.29, 0.717) is 18.3 Å². The van der Waals surface area contributed by atoms with Crippen LogP contribution in [0.15, 0.2) is 11.3 Å². The Morgan fingerprint density at radius 1 is 1.40 bits per heavy atom. The molecule has 2 aliphatic carbocycles. The molecule has 2 aliphatic rings. The molecule has 3 heteroatoms. The highest BCUT2D eigenvalue weighted by Gasteiger charge is 2.65. The van der Waals surface area contributed by atoms with Crippen molar-refractivity contribution in [2.75, 3.05) is 0 Å². The Bertz CT molecular complexity index is 379. The summed E-state index contributed by atoms with van der Waals surface area (Å²) in [6, 6.07) is 0. The van der Waals surface area contributed by atoms with Crippen molar-refractivity contribution in [1.82, 2.24) is 5.32 Å². The molecule has 82 valence electrons. The molecule has 1 N–H and O–H groups in total. The van der Waals surface area contributed by atoms with Crippen molar-refractivity contribution >= 4 is 11.7 Å². The highest BCUT2D eigenvalue weighted by atomic mass is 16.1. The fourth-order valence-electron chi connectivity index (χ4n) is 2.96. The average molecular weight is 207 g/mol. The van der Waals surface area contributed by atoms with E-state index in [-0.39, 0.29) is 17.1 Å². The van der Waals surface area contributed by atoms with Gasteiger partial charge >= 0.3 is 0 Å². The number of nitrogens with one attached hydrogen (secondary N) is 1. The van der Waals surface area contributed by atoms with Gasteiger partial charge in [0.2, 0.25) is 5.91 Å². The summed E-state index contributed by atoms with van der Waals surface area (Å²) in [7, 11) is 0. The first-order chi connectivity index (χ1) is 6.85. The van der Waals surface area contributed by atoms with Gasteiger partial charge in [0.15, 0.2) is 5.78 Å². The third-order valence-electron chi connectivity index (χ3n) is 3.83. The summed E-state index contributed by atoms with van der Waals surface area (Å²) in [4.78, 5) is 22.7. The van der Waals surface area contributed by atoms with Crippen LogP contribution in [0.5, 0.6) is 0 Å². The quantitative estimate of drug-likeness (QED) is 0.664. The molecule has 3 nitrogen and oxygen atoms in total. The number of ketones is 1. The largest absolute Gasteiger partial charge is 0.330 e. The molecule has 0 heterocycles. The molecule has 2 atom stereocenters. The van der Waals surface area contributed by atoms with Gasteiger partial charge in [-0.2, -0.15) is 0 Å². The van der Waals surface area contributed by atoms with Gasteiger partial charge in [-0.05, 0) is 24.2 Å². The molecule has 2 saturated carbocycles. The second-order valence-corrected chi connectivity index (χ2v) is 5.25. The molecule has 0 aromatic carbocycles. The predicted octanol–water partition coefficient (Wildman–Crippen LogP) is 1.64. The van der Waals surface area contributed by atoms with Crippen molar-refractivity contribution in [3.8, 4) is 0 Å². The summed E-state index contributed by atoms with van der Waals surface area (Å²) in [6.45, 7) is 7.68. The Morgan fingerprint density at radius 3 is 2.47 bits per heavy atom. The summed E-state index contributed by atoms with van der Waals surface area (Å²) in [6.07, 6.45) is 0.657. The minimum Gasteiger partial charge on any atom is -0.330 e. The van der Waals surface area contributed by atoms with Crippen molar-refractivity contribution in [1.29, 1.82) is 0 Å². The van der Waals surface area contributed by atoms with E-state index in [4.69, 9.17) is 0 Å². The standard InChI is InChI=1S/C12H17NO2/c1-6(13-7(2)14)10-9(15)5-8-11(10)12(8,3)4/h8,11H,5H2,1-4H3,(H,13,14)/b10-6+. The summed E-state index contributed by atoms with van der Waals surface area (Å²) in [5.74, 6) is 0.992. The fourth-order valence-corrected chi connectivity index (χ4v) is 2.96. The van der Waals surface area contributed by atoms with Gasteiger partial charge in [-0.15, -0.1) is 0 Å². The first-order valence-corrected chi connectivity index (χ1v) is 5.37. The predicted molar refractivity (Wildman–Crippen MR) is 56.9 cm³/mol. The van der Waals surface area contributed by atoms with Crippen LogP contribution in [0.3, 0.4) is 0 Å². The normalized spacial score (nSPS) is 34.8. The molecular weight excluding hydrogens is 190 g/mol. The number of carbonyl (C=O) groups is 2. The Morgan fingerprint density at radius 2 is 2.00 bits per heavy atom. The summed E-state index contributed by atoms with van der Waals surface area (Å²) >= 11 is 0. The average Bonchev–Trinajstić information content (AvgIpc) is 2.49. The lowest BCUT2D eigenvalue weighted by Crippen LogP contribution is -2.22. The van der Waals surface area contributed by atoms with Crippen LogP contribution in [-0.2, 0) is 9.59 Å². The van der Waals surface area contributed by atoms with Crippen molar-refractivity contribution in [2.45, 2.75) is 34.1 Å². The van der Waals surface area contributed by atoms with Crippen LogP contribution < -0.4 is 5.32 Å². The lowest BCUT2D eigenvalue weighted by Gasteiger charge is -2.12. The first kappa shape index (κ1) is 10.4. The highest BCUT2D eigenvalue weighted by Crippen LogP contribution is 2.68. The molecule has 0 saturated heterocycles. The van der Waals surface area contributed by atoms with E-state index in [1.165, 1.54) is 6.92 Å². The Balaban J connectivity index is 2.28. The van der Waals surface area contributed by atoms with Gasteiger partial charge in [-0.25, -0.2) is 0 Å². The zero-order chi connectivity index (χ0) is 11.4. The van der Waals surface area contributed by atoms with E-state index in [2.05, 4.69) is 19.2 Å². The van der Waals surface area contributed by atoms with E-state index in [0.717, 1.165) is 11.3 Å². The van der Waals surface area contributed by atoms with Crippen molar-refractivity contribution < 1.29 is 9.59 Å². The van der Waals surface area contributed by atoms with Crippen LogP contribution in [0.1, 0.15) is 34.1 Å². The zero-order valence-electron chi connectivity index (χ0n) is 9.68. The Labute approximate surface area is 89.9 Å². The first-order valence-electron chi connectivity index (χ1n) is 5.37. The van der Waals surface area contributed by atoms with Crippen LogP contribution in [-0.4, -0.2) is 11.7 Å². The van der Waals surface area contributed by atoms with Crippen molar-refractivity contribution in [3.05, 3.63) is 11.3 Å². The van der Waals surface area contributed by atoms with E-state index in [1.54, 1.807) is 0 Å². The lowest BCUT2D eigenvalue weighted by atomic mass is 9.95. The smallest absolute Gasteiger partial charge is 0.220 e. The van der Waals surface area contributed by atoms with Gasteiger partial charge in [0, 0.05) is 24.6 Å². The molecule has 2 rings (SSSR count). The number of hydrogen-bond donors (Lipinski definition) is 1. The molecule has 0 aliphatic heterocycles. The van der Waals surface area contributed by atoms with Gasteiger partial charge in [-0.3, -0.25) is 9.59 Å². The molecule has 1 amide bonds. The lowest BCUT2D eigenvalue weighted by molar-refractivity contribution is -0.118. The number of fused-ring (bicyclic) bond motifs is 1. The van der Waals surface area contributed by atoms with Crippen LogP contribution in [0.25, 0.3) is 0 Å². The number of rotatable bonds is 1. The third kappa shape index (κ3) is 1.41. The third-order valence-corrected chi connectivity index (χ3v) is 3.83. The second-order valence-electron chi connectivity index (χ2n) is 5.25. The minimum atomic E-state index is -0.102. The van der Waals surface area contributed by atoms with Crippen LogP contribution in [0.4, 0.5) is 0 Å². The van der Waals surface area contributed by atoms with Crippen molar-refractivity contribution in [2.24, 2.45) is 17.3 Å². The molecule has 0 aromatic heterocycles. The Hall–Kier alpha value is -1.12. The number of allylic oxidation sites excluding steroid dienone is 2. The van der Waals surface area contributed by atoms with Gasteiger partial charge in [0.05, 0.1) is 0 Å². The maximum absolute atomic E-state index is 11.7. The number of Topliss-reactive ketones (excluding diaryl/α,β-unsaturated/α-hetero) is 1. The topological polar surface area (TPSA) is 46.2 Å². The molecule has 0 aromatic rings. The molecule has 15 heavy (non-hydrogen) atoms. The van der Waals surface area contributed by atoms with E-state index < -0.39 is 0 Å². The van der Waals surface area contributed by atoms with E-state index in [9.17, 15) is 9.59 Å². The van der Waals surface area contributed by atoms with Gasteiger partial charge in [0.1, 0.15) is 0 Å². The zero-order valence-corrected chi connectivity index (χ0v) is 9.68. The minimum absolute atomic E-state index is 0.102. The van der Waals surface area contributed by atoms with Crippen LogP contribution in [0.2, 0.25) is 0 Å². The number of amides is 1. The molecule has 0 spiro atoms. The molecule has 2 unspecified atom stereocenters. The summed E-state index contributed by atoms with van der Waals surface area (Å²) < 4.78 is 0. The van der Waals surface area contributed by atoms with E-state index in [1.807, 2.05) is 6.92 Å². The fraction of sp³-hybridized carbons (Fsp3) is 0.667. The maximum atomic E-state index is 11.7. The van der Waals surface area contributed by atoms with Gasteiger partial charge in [0.25, 0.3) is 0 Å². The molecule has 0 bridgehead atoms. The second kappa shape index (κ2) is 2.94. The molecule has 2 fully saturated rings. The molecule has 0 radical (unpaired) electrons. The maximum Gasteiger partial charge on any atom is 0.220 e. The van der Waals surface area contributed by atoms with Gasteiger partial charge < -0.3 is 5.32 Å². The molecular formula is C12H17NO2. The van der Waals surface area contributed by atoms with Gasteiger partial charge in [-0.1, -0.05) is 13.8 Å². The Kier molecular flexibility index (Phi) is 2.04. The number of hydrogen-bond acceptors (Lipinski definition) is 2. The highest BCUT2D eigenvalue weighted by molar-refractivity contribution is 6.01. The SMILES string of the molecule is CC(=O)N/C(C)=C1\C(=O)CC2C1C2(C)C. The van der Waals surface area contributed by atoms with Crippen LogP contribution in [0, 0.1) is 17.3 Å². The monoisotopic (exact) mass is 207 g/mol. The van der Waals surface area contributed by atoms with Crippen LogP contribution >= 0.6 is 0 Å². The summed E-state index contributed by atoms with van der Waals surface area (Å²) in [5, 5.41) is 2.73. The van der Waals surface area contributed by atoms with Crippen molar-refractivity contribution in [3.63, 3.8) is 0 Å².